The Morgan fingerprint density at radius 2 is 1.71 bits per heavy atom. The van der Waals surface area contributed by atoms with E-state index in [-0.39, 0.29) is 36.2 Å². The molecule has 0 spiro atoms. The topological polar surface area (TPSA) is 123 Å². The lowest BCUT2D eigenvalue weighted by molar-refractivity contribution is -0.118. The molecule has 3 N–H and O–H groups in total. The molecule has 0 saturated heterocycles. The fraction of sp³-hybridized carbons (Fsp3) is 0.308. The van der Waals surface area contributed by atoms with Crippen LogP contribution < -0.4 is 10.6 Å². The summed E-state index contributed by atoms with van der Waals surface area (Å²) in [5.74, 6) is -1.62. The van der Waals surface area contributed by atoms with E-state index in [0.29, 0.717) is 12.8 Å². The predicted octanol–water partition coefficient (Wildman–Crippen LogP) is 3.91. The number of fused-ring (bicyclic) bond motifs is 3. The highest BCUT2D eigenvalue weighted by atomic mass is 16.5. The second kappa shape index (κ2) is 8.90. The van der Waals surface area contributed by atoms with Crippen LogP contribution in [0, 0.1) is 0 Å². The van der Waals surface area contributed by atoms with E-state index in [2.05, 4.69) is 40.0 Å². The molecule has 2 aromatic carbocycles. The second-order valence-electron chi connectivity index (χ2n) is 9.14. The molecule has 2 aliphatic rings. The number of nitrogens with one attached hydrogen (secondary N) is 2. The molecule has 1 aromatic heterocycles. The molecule has 0 aliphatic heterocycles. The summed E-state index contributed by atoms with van der Waals surface area (Å²) in [5, 5.41) is 18.8. The number of hydrogen-bond donors (Lipinski definition) is 3. The van der Waals surface area contributed by atoms with Gasteiger partial charge in [-0.3, -0.25) is 9.48 Å². The van der Waals surface area contributed by atoms with Gasteiger partial charge in [-0.25, -0.2) is 9.59 Å². The van der Waals surface area contributed by atoms with Gasteiger partial charge in [-0.2, -0.15) is 5.10 Å². The van der Waals surface area contributed by atoms with E-state index in [4.69, 9.17) is 4.74 Å². The summed E-state index contributed by atoms with van der Waals surface area (Å²) in [5.41, 5.74) is 3.87. The maximum Gasteiger partial charge on any atom is 0.407 e. The summed E-state index contributed by atoms with van der Waals surface area (Å²) in [6.45, 7) is 0.194. The zero-order valence-corrected chi connectivity index (χ0v) is 19.3. The van der Waals surface area contributed by atoms with Crippen molar-refractivity contribution >= 4 is 23.7 Å². The van der Waals surface area contributed by atoms with E-state index in [1.807, 2.05) is 24.3 Å². The smallest absolute Gasteiger partial charge is 0.407 e. The van der Waals surface area contributed by atoms with Gasteiger partial charge in [-0.05, 0) is 41.5 Å². The van der Waals surface area contributed by atoms with Crippen LogP contribution in [0.15, 0.2) is 54.7 Å². The Labute approximate surface area is 202 Å². The Bertz CT molecular complexity index is 1270. The van der Waals surface area contributed by atoms with Crippen molar-refractivity contribution in [3.8, 4) is 11.1 Å². The summed E-state index contributed by atoms with van der Waals surface area (Å²) < 4.78 is 6.84. The molecule has 1 fully saturated rings. The van der Waals surface area contributed by atoms with Gasteiger partial charge in [-0.15, -0.1) is 0 Å². The maximum atomic E-state index is 12.8. The van der Waals surface area contributed by atoms with Gasteiger partial charge in [0.15, 0.2) is 5.69 Å². The van der Waals surface area contributed by atoms with Gasteiger partial charge >= 0.3 is 12.1 Å². The van der Waals surface area contributed by atoms with Gasteiger partial charge in [0.1, 0.15) is 6.61 Å². The third kappa shape index (κ3) is 4.25. The number of nitrogens with zero attached hydrogens (tertiary/aromatic N) is 2. The zero-order chi connectivity index (χ0) is 24.6. The van der Waals surface area contributed by atoms with Gasteiger partial charge in [0.05, 0.1) is 23.8 Å². The van der Waals surface area contributed by atoms with Crippen molar-refractivity contribution in [3.63, 3.8) is 0 Å². The molecule has 2 amide bonds. The van der Waals surface area contributed by atoms with Crippen molar-refractivity contribution in [2.24, 2.45) is 7.05 Å². The van der Waals surface area contributed by atoms with Crippen LogP contribution in [-0.2, 0) is 16.6 Å². The minimum absolute atomic E-state index is 0.0190. The molecular formula is C26H26N4O5. The van der Waals surface area contributed by atoms with Crippen LogP contribution in [0.3, 0.4) is 0 Å². The fourth-order valence-electron chi connectivity index (χ4n) is 5.08. The van der Waals surface area contributed by atoms with Gasteiger partial charge in [0, 0.05) is 13.0 Å². The number of anilines is 1. The van der Waals surface area contributed by atoms with E-state index >= 15 is 0 Å². The van der Waals surface area contributed by atoms with Gasteiger partial charge in [0.2, 0.25) is 5.91 Å². The Kier molecular flexibility index (Phi) is 5.76. The molecule has 180 valence electrons. The highest BCUT2D eigenvalue weighted by Gasteiger charge is 2.41. The van der Waals surface area contributed by atoms with Crippen molar-refractivity contribution < 1.29 is 24.2 Å². The van der Waals surface area contributed by atoms with Crippen LogP contribution in [-0.4, -0.2) is 45.0 Å². The first-order chi connectivity index (χ1) is 16.9. The Morgan fingerprint density at radius 3 is 2.29 bits per heavy atom. The zero-order valence-electron chi connectivity index (χ0n) is 19.3. The van der Waals surface area contributed by atoms with Crippen LogP contribution in [0.1, 0.15) is 53.2 Å². The Balaban J connectivity index is 1.22. The number of alkyl carbamates (subject to hydrolysis) is 1. The summed E-state index contributed by atoms with van der Waals surface area (Å²) in [4.78, 5) is 36.9. The van der Waals surface area contributed by atoms with Crippen molar-refractivity contribution in [2.75, 3.05) is 11.9 Å². The molecule has 0 bridgehead atoms. The number of carbonyl (C=O) groups is 3. The van der Waals surface area contributed by atoms with Gasteiger partial charge < -0.3 is 20.5 Å². The minimum Gasteiger partial charge on any atom is -0.476 e. The number of ether oxygens (including phenoxy) is 1. The molecule has 1 heterocycles. The van der Waals surface area contributed by atoms with Gasteiger partial charge in [-0.1, -0.05) is 48.5 Å². The lowest BCUT2D eigenvalue weighted by Gasteiger charge is -2.41. The van der Waals surface area contributed by atoms with Crippen LogP contribution >= 0.6 is 0 Å². The van der Waals surface area contributed by atoms with Crippen molar-refractivity contribution in [1.29, 1.82) is 0 Å². The van der Waals surface area contributed by atoms with E-state index in [9.17, 15) is 19.5 Å². The highest BCUT2D eigenvalue weighted by Crippen LogP contribution is 2.44. The quantitative estimate of drug-likeness (QED) is 0.477. The molecule has 0 unspecified atom stereocenters. The number of hydrogen-bond acceptors (Lipinski definition) is 5. The number of carboxylic acid groups (broad SMARTS) is 1. The number of rotatable bonds is 7. The number of aromatic nitrogens is 2. The molecule has 2 aliphatic carbocycles. The van der Waals surface area contributed by atoms with E-state index in [1.165, 1.54) is 17.9 Å². The van der Waals surface area contributed by atoms with Crippen molar-refractivity contribution in [3.05, 3.63) is 71.5 Å². The average Bonchev–Trinajstić information content (AvgIpc) is 3.33. The van der Waals surface area contributed by atoms with E-state index < -0.39 is 17.6 Å². The summed E-state index contributed by atoms with van der Waals surface area (Å²) in [6, 6.07) is 16.2. The highest BCUT2D eigenvalue weighted by molar-refractivity contribution is 5.99. The van der Waals surface area contributed by atoms with Crippen LogP contribution in [0.25, 0.3) is 11.1 Å². The first-order valence-electron chi connectivity index (χ1n) is 11.6. The first-order valence-corrected chi connectivity index (χ1v) is 11.6. The predicted molar refractivity (Wildman–Crippen MR) is 128 cm³/mol. The van der Waals surface area contributed by atoms with Crippen LogP contribution in [0.4, 0.5) is 10.5 Å². The molecule has 0 atom stereocenters. The first kappa shape index (κ1) is 22.6. The molecule has 9 heteroatoms. The van der Waals surface area contributed by atoms with Gasteiger partial charge in [0.25, 0.3) is 0 Å². The molecule has 9 nitrogen and oxygen atoms in total. The molecule has 3 aromatic rings. The normalized spacial score (nSPS) is 15.5. The number of carboxylic acids is 1. The van der Waals surface area contributed by atoms with E-state index in [1.54, 1.807) is 0 Å². The monoisotopic (exact) mass is 474 g/mol. The Hall–Kier alpha value is -4.14. The lowest BCUT2D eigenvalue weighted by atomic mass is 9.74. The maximum absolute atomic E-state index is 12.8. The number of aryl methyl sites for hydroxylation is 1. The Morgan fingerprint density at radius 1 is 1.09 bits per heavy atom. The number of benzene rings is 2. The van der Waals surface area contributed by atoms with E-state index in [0.717, 1.165) is 28.7 Å². The lowest BCUT2D eigenvalue weighted by Crippen LogP contribution is -2.55. The minimum atomic E-state index is -1.18. The number of carbonyl (C=O) groups excluding carboxylic acids is 2. The SMILES string of the molecule is Cn1ncc(NC(=O)CC2(NC(=O)OCC3c4ccccc4-c4ccccc43)CCC2)c1C(=O)O. The van der Waals surface area contributed by atoms with Crippen molar-refractivity contribution in [2.45, 2.75) is 37.1 Å². The summed E-state index contributed by atoms with van der Waals surface area (Å²) in [7, 11) is 1.49. The number of aromatic carboxylic acids is 1. The second-order valence-corrected chi connectivity index (χ2v) is 9.14. The molecular weight excluding hydrogens is 448 g/mol. The molecule has 0 radical (unpaired) electrons. The largest absolute Gasteiger partial charge is 0.476 e. The molecule has 35 heavy (non-hydrogen) atoms. The third-order valence-electron chi connectivity index (χ3n) is 6.94. The summed E-state index contributed by atoms with van der Waals surface area (Å²) >= 11 is 0. The fourth-order valence-corrected chi connectivity index (χ4v) is 5.08. The molecule has 1 saturated carbocycles. The molecule has 5 rings (SSSR count). The number of amides is 2. The van der Waals surface area contributed by atoms with Crippen LogP contribution in [0.5, 0.6) is 0 Å². The third-order valence-corrected chi connectivity index (χ3v) is 6.94. The van der Waals surface area contributed by atoms with Crippen LogP contribution in [0.2, 0.25) is 0 Å². The average molecular weight is 475 g/mol. The van der Waals surface area contributed by atoms with Crippen molar-refractivity contribution in [1.82, 2.24) is 15.1 Å². The summed E-state index contributed by atoms with van der Waals surface area (Å²) in [6.07, 6.45) is 2.92. The standard InChI is InChI=1S/C26H26N4O5/c1-30-23(24(32)33)21(14-27-30)28-22(31)13-26(11-6-12-26)29-25(34)35-15-20-18-9-4-2-7-16(18)17-8-3-5-10-19(17)20/h2-5,7-10,14,20H,6,11-13,15H2,1H3,(H,28,31)(H,29,34)(H,32,33).